The summed E-state index contributed by atoms with van der Waals surface area (Å²) in [6.07, 6.45) is -2.91. The van der Waals surface area contributed by atoms with Crippen LogP contribution in [0.25, 0.3) is 10.8 Å². The lowest BCUT2D eigenvalue weighted by Gasteiger charge is -2.13. The molecule has 2 aromatic carbocycles. The molecule has 0 saturated heterocycles. The number of fused-ring (bicyclic) bond motifs is 1. The summed E-state index contributed by atoms with van der Waals surface area (Å²) in [5.41, 5.74) is -0.514. The molecule has 0 amide bonds. The van der Waals surface area contributed by atoms with Crippen LogP contribution in [0.3, 0.4) is 0 Å². The molecular formula is C21H18F3NO4. The van der Waals surface area contributed by atoms with Crippen molar-refractivity contribution in [3.63, 3.8) is 0 Å². The lowest BCUT2D eigenvalue weighted by Crippen LogP contribution is -2.23. The Morgan fingerprint density at radius 2 is 1.90 bits per heavy atom. The van der Waals surface area contributed by atoms with Crippen molar-refractivity contribution >= 4 is 16.6 Å². The number of aliphatic hydroxyl groups excluding tert-OH is 1. The number of carbonyl (C=O) groups excluding carboxylic acids is 1. The molecule has 0 aliphatic heterocycles. The molecule has 0 atom stereocenters. The fourth-order valence-electron chi connectivity index (χ4n) is 2.98. The van der Waals surface area contributed by atoms with Crippen LogP contribution in [0.5, 0.6) is 5.75 Å². The summed E-state index contributed by atoms with van der Waals surface area (Å²) in [4.78, 5) is 24.3. The summed E-state index contributed by atoms with van der Waals surface area (Å²) in [7, 11) is 0. The summed E-state index contributed by atoms with van der Waals surface area (Å²) in [5.74, 6) is -0.424. The van der Waals surface area contributed by atoms with Gasteiger partial charge in [-0.15, -0.1) is 0 Å². The number of ketones is 1. The average molecular weight is 405 g/mol. The molecule has 1 N–H and O–H groups in total. The number of nitrogens with zero attached hydrogens (tertiary/aromatic N) is 1. The number of ether oxygens (including phenoxy) is 1. The van der Waals surface area contributed by atoms with E-state index in [1.807, 2.05) is 0 Å². The topological polar surface area (TPSA) is 68.5 Å². The smallest absolute Gasteiger partial charge is 0.416 e. The minimum atomic E-state index is -4.47. The first-order chi connectivity index (χ1) is 13.7. The standard InChI is InChI=1S/C21H18F3NO4/c1-13-8-16(21(22,23)24)11-17(9-13)29-7-6-25-5-4-14-2-3-15(19(27)12-26)10-18(14)20(25)28/h2-5,8-11,26H,6-7,12H2,1H3. The maximum atomic E-state index is 12.9. The number of hydrogen-bond acceptors (Lipinski definition) is 4. The van der Waals surface area contributed by atoms with Gasteiger partial charge < -0.3 is 14.4 Å². The minimum Gasteiger partial charge on any atom is -0.492 e. The first kappa shape index (κ1) is 20.6. The van der Waals surface area contributed by atoms with E-state index in [9.17, 15) is 22.8 Å². The predicted molar refractivity (Wildman–Crippen MR) is 101 cm³/mol. The quantitative estimate of drug-likeness (QED) is 0.637. The Kier molecular flexibility index (Phi) is 5.74. The number of benzene rings is 2. The maximum absolute atomic E-state index is 12.9. The van der Waals surface area contributed by atoms with E-state index in [2.05, 4.69) is 0 Å². The van der Waals surface area contributed by atoms with Crippen molar-refractivity contribution in [3.8, 4) is 5.75 Å². The molecule has 0 aliphatic carbocycles. The first-order valence-electron chi connectivity index (χ1n) is 8.78. The van der Waals surface area contributed by atoms with Crippen LogP contribution in [0, 0.1) is 6.92 Å². The van der Waals surface area contributed by atoms with Gasteiger partial charge in [0, 0.05) is 17.1 Å². The van der Waals surface area contributed by atoms with Crippen molar-refractivity contribution in [2.45, 2.75) is 19.6 Å². The number of aryl methyl sites for hydroxylation is 1. The second-order valence-corrected chi connectivity index (χ2v) is 6.58. The van der Waals surface area contributed by atoms with Crippen LogP contribution in [0.2, 0.25) is 0 Å². The highest BCUT2D eigenvalue weighted by atomic mass is 19.4. The third-order valence-corrected chi connectivity index (χ3v) is 4.42. The lowest BCUT2D eigenvalue weighted by atomic mass is 10.1. The van der Waals surface area contributed by atoms with Gasteiger partial charge in [0.05, 0.1) is 12.1 Å². The second kappa shape index (κ2) is 8.08. The van der Waals surface area contributed by atoms with E-state index in [-0.39, 0.29) is 30.0 Å². The molecule has 0 saturated carbocycles. The number of aliphatic hydroxyl groups is 1. The van der Waals surface area contributed by atoms with Crippen LogP contribution in [0.4, 0.5) is 13.2 Å². The Balaban J connectivity index is 1.79. The van der Waals surface area contributed by atoms with Crippen molar-refractivity contribution in [1.29, 1.82) is 0 Å². The highest BCUT2D eigenvalue weighted by Gasteiger charge is 2.31. The van der Waals surface area contributed by atoms with Gasteiger partial charge in [0.2, 0.25) is 0 Å². The van der Waals surface area contributed by atoms with E-state index in [4.69, 9.17) is 9.84 Å². The summed E-state index contributed by atoms with van der Waals surface area (Å²) in [6.45, 7) is 0.988. The highest BCUT2D eigenvalue weighted by Crippen LogP contribution is 2.32. The Hall–Kier alpha value is -3.13. The van der Waals surface area contributed by atoms with Crippen LogP contribution in [0.15, 0.2) is 53.5 Å². The molecular weight excluding hydrogens is 387 g/mol. The van der Waals surface area contributed by atoms with Crippen molar-refractivity contribution in [2.24, 2.45) is 0 Å². The Bertz CT molecular complexity index is 1120. The van der Waals surface area contributed by atoms with Gasteiger partial charge in [-0.1, -0.05) is 12.1 Å². The van der Waals surface area contributed by atoms with Crippen LogP contribution in [-0.4, -0.2) is 28.7 Å². The van der Waals surface area contributed by atoms with Crippen LogP contribution in [-0.2, 0) is 12.7 Å². The molecule has 3 aromatic rings. The Morgan fingerprint density at radius 3 is 2.59 bits per heavy atom. The van der Waals surface area contributed by atoms with Gasteiger partial charge in [-0.2, -0.15) is 13.2 Å². The van der Waals surface area contributed by atoms with Crippen LogP contribution < -0.4 is 10.3 Å². The molecule has 0 radical (unpaired) electrons. The number of aromatic nitrogens is 1. The van der Waals surface area contributed by atoms with Gasteiger partial charge in [0.15, 0.2) is 5.78 Å². The predicted octanol–water partition coefficient (Wildman–Crippen LogP) is 3.58. The summed E-state index contributed by atoms with van der Waals surface area (Å²) in [5, 5.41) is 9.92. The number of carbonyl (C=O) groups is 1. The van der Waals surface area contributed by atoms with Gasteiger partial charge in [0.25, 0.3) is 5.56 Å². The molecule has 8 heteroatoms. The Morgan fingerprint density at radius 1 is 1.14 bits per heavy atom. The number of rotatable bonds is 6. The fourth-order valence-corrected chi connectivity index (χ4v) is 2.98. The van der Waals surface area contributed by atoms with Crippen molar-refractivity contribution in [1.82, 2.24) is 4.57 Å². The zero-order chi connectivity index (χ0) is 21.2. The second-order valence-electron chi connectivity index (χ2n) is 6.58. The van der Waals surface area contributed by atoms with E-state index >= 15 is 0 Å². The van der Waals surface area contributed by atoms with Crippen molar-refractivity contribution < 1.29 is 27.8 Å². The molecule has 0 fully saturated rings. The van der Waals surface area contributed by atoms with Crippen LogP contribution in [0.1, 0.15) is 21.5 Å². The molecule has 3 rings (SSSR count). The average Bonchev–Trinajstić information content (AvgIpc) is 2.68. The molecule has 152 valence electrons. The third kappa shape index (κ3) is 4.65. The zero-order valence-corrected chi connectivity index (χ0v) is 15.5. The molecule has 0 spiro atoms. The molecule has 0 unspecified atom stereocenters. The molecule has 0 bridgehead atoms. The normalized spacial score (nSPS) is 11.6. The summed E-state index contributed by atoms with van der Waals surface area (Å²) < 4.78 is 45.5. The SMILES string of the molecule is Cc1cc(OCCn2ccc3ccc(C(=O)CO)cc3c2=O)cc(C(F)(F)F)c1. The third-order valence-electron chi connectivity index (χ3n) is 4.42. The van der Waals surface area contributed by atoms with Gasteiger partial charge in [-0.3, -0.25) is 9.59 Å². The molecule has 1 heterocycles. The monoisotopic (exact) mass is 405 g/mol. The number of pyridine rings is 1. The van der Waals surface area contributed by atoms with Gasteiger partial charge in [-0.05, 0) is 48.2 Å². The number of hydrogen-bond donors (Lipinski definition) is 1. The molecule has 5 nitrogen and oxygen atoms in total. The van der Waals surface area contributed by atoms with E-state index in [1.165, 1.54) is 22.8 Å². The van der Waals surface area contributed by atoms with E-state index in [0.29, 0.717) is 16.3 Å². The summed E-state index contributed by atoms with van der Waals surface area (Å²) in [6, 6.07) is 9.71. The minimum absolute atomic E-state index is 0.0125. The molecule has 1 aromatic heterocycles. The number of alkyl halides is 3. The van der Waals surface area contributed by atoms with E-state index in [1.54, 1.807) is 25.3 Å². The largest absolute Gasteiger partial charge is 0.492 e. The highest BCUT2D eigenvalue weighted by molar-refractivity contribution is 6.00. The van der Waals surface area contributed by atoms with Gasteiger partial charge in [0.1, 0.15) is 19.0 Å². The fraction of sp³-hybridized carbons (Fsp3) is 0.238. The maximum Gasteiger partial charge on any atom is 0.416 e. The van der Waals surface area contributed by atoms with Crippen LogP contribution >= 0.6 is 0 Å². The number of halogens is 3. The van der Waals surface area contributed by atoms with Gasteiger partial charge >= 0.3 is 6.18 Å². The van der Waals surface area contributed by atoms with E-state index < -0.39 is 24.1 Å². The van der Waals surface area contributed by atoms with Crippen molar-refractivity contribution in [2.75, 3.05) is 13.2 Å². The molecule has 29 heavy (non-hydrogen) atoms. The summed E-state index contributed by atoms with van der Waals surface area (Å²) >= 11 is 0. The first-order valence-corrected chi connectivity index (χ1v) is 8.78. The van der Waals surface area contributed by atoms with Gasteiger partial charge in [-0.25, -0.2) is 0 Å². The van der Waals surface area contributed by atoms with Crippen molar-refractivity contribution in [3.05, 3.63) is 75.7 Å². The zero-order valence-electron chi connectivity index (χ0n) is 15.5. The van der Waals surface area contributed by atoms with E-state index in [0.717, 1.165) is 12.1 Å². The Labute approximate surface area is 164 Å². The number of Topliss-reactive ketones (excluding diaryl/α,β-unsaturated/α-hetero) is 1. The lowest BCUT2D eigenvalue weighted by molar-refractivity contribution is -0.137. The molecule has 0 aliphatic rings.